The molecule has 1 fully saturated rings. The molecule has 1 unspecified atom stereocenters. The number of carbonyl (C=O) groups excluding carboxylic acids is 3. The number of ether oxygens (including phenoxy) is 1. The van der Waals surface area contributed by atoms with E-state index in [4.69, 9.17) is 22.1 Å². The maximum atomic E-state index is 13.4. The first-order valence-electron chi connectivity index (χ1n) is 11.0. The lowest BCUT2D eigenvalue weighted by molar-refractivity contribution is -0.160. The fraction of sp³-hybridized carbons (Fsp3) is 0.280. The number of aromatic nitrogens is 1. The number of esters is 1. The number of likely N-dealkylation sites (tertiary alicyclic amines) is 1. The van der Waals surface area contributed by atoms with E-state index in [1.165, 1.54) is 11.8 Å². The summed E-state index contributed by atoms with van der Waals surface area (Å²) in [5, 5.41) is 5.22. The quantitative estimate of drug-likeness (QED) is 0.523. The molecule has 3 aromatic rings. The Labute approximate surface area is 202 Å². The summed E-state index contributed by atoms with van der Waals surface area (Å²) in [6, 6.07) is 13.5. The molecular formula is C25H25ClN4O4. The Morgan fingerprint density at radius 2 is 1.97 bits per heavy atom. The Morgan fingerprint density at radius 3 is 2.71 bits per heavy atom. The number of hydrogen-bond acceptors (Lipinski definition) is 6. The molecule has 0 spiro atoms. The molecule has 2 atom stereocenters. The van der Waals surface area contributed by atoms with Crippen molar-refractivity contribution in [3.8, 4) is 0 Å². The van der Waals surface area contributed by atoms with Gasteiger partial charge in [0.25, 0.3) is 5.91 Å². The first-order valence-corrected chi connectivity index (χ1v) is 11.4. The standard InChI is InChI=1S/C25H25ClN4O4/c1-15(31)34-22(17-5-7-19(26)8-6-17)25(33)30-12-2-3-21(30)24(32)29-14-16-4-9-20-18(13-16)10-11-28-23(20)27/h4-11,13,21-22H,2-3,12,14H2,1H3,(H2,27,28)(H,29,32)/t21-,22?/m0/s1. The molecule has 0 aliphatic carbocycles. The van der Waals surface area contributed by atoms with E-state index >= 15 is 0 Å². The van der Waals surface area contributed by atoms with E-state index in [1.54, 1.807) is 30.5 Å². The van der Waals surface area contributed by atoms with Gasteiger partial charge in [-0.2, -0.15) is 0 Å². The number of anilines is 1. The second-order valence-corrected chi connectivity index (χ2v) is 8.64. The third kappa shape index (κ3) is 5.12. The molecule has 34 heavy (non-hydrogen) atoms. The van der Waals surface area contributed by atoms with E-state index in [9.17, 15) is 14.4 Å². The molecule has 1 aliphatic heterocycles. The summed E-state index contributed by atoms with van der Waals surface area (Å²) in [4.78, 5) is 43.6. The number of hydrogen-bond donors (Lipinski definition) is 2. The van der Waals surface area contributed by atoms with Gasteiger partial charge in [0, 0.05) is 42.2 Å². The number of halogens is 1. The van der Waals surface area contributed by atoms with Crippen molar-refractivity contribution in [2.24, 2.45) is 0 Å². The van der Waals surface area contributed by atoms with Crippen LogP contribution in [-0.4, -0.2) is 40.3 Å². The van der Waals surface area contributed by atoms with Crippen molar-refractivity contribution in [3.05, 3.63) is 70.9 Å². The van der Waals surface area contributed by atoms with Crippen LogP contribution in [0.15, 0.2) is 54.7 Å². The zero-order valence-corrected chi connectivity index (χ0v) is 19.4. The van der Waals surface area contributed by atoms with Crippen molar-refractivity contribution in [1.82, 2.24) is 15.2 Å². The van der Waals surface area contributed by atoms with Crippen LogP contribution in [0.4, 0.5) is 5.82 Å². The van der Waals surface area contributed by atoms with Crippen molar-refractivity contribution < 1.29 is 19.1 Å². The molecule has 3 N–H and O–H groups in total. The number of carbonyl (C=O) groups is 3. The van der Waals surface area contributed by atoms with Gasteiger partial charge in [-0.1, -0.05) is 35.9 Å². The Morgan fingerprint density at radius 1 is 1.21 bits per heavy atom. The topological polar surface area (TPSA) is 115 Å². The number of amides is 2. The average Bonchev–Trinajstić information content (AvgIpc) is 3.31. The predicted molar refractivity (Wildman–Crippen MR) is 129 cm³/mol. The van der Waals surface area contributed by atoms with E-state index < -0.39 is 24.0 Å². The Kier molecular flexibility index (Phi) is 6.98. The zero-order valence-electron chi connectivity index (χ0n) is 18.7. The number of benzene rings is 2. The third-order valence-electron chi connectivity index (χ3n) is 5.85. The molecule has 0 bridgehead atoms. The van der Waals surface area contributed by atoms with Crippen molar-refractivity contribution in [1.29, 1.82) is 0 Å². The number of nitrogens with two attached hydrogens (primary N) is 1. The Bertz CT molecular complexity index is 1230. The highest BCUT2D eigenvalue weighted by atomic mass is 35.5. The number of fused-ring (bicyclic) bond motifs is 1. The van der Waals surface area contributed by atoms with Crippen LogP contribution in [0.5, 0.6) is 0 Å². The van der Waals surface area contributed by atoms with Gasteiger partial charge in [0.15, 0.2) is 0 Å². The van der Waals surface area contributed by atoms with Gasteiger partial charge in [0.2, 0.25) is 12.0 Å². The minimum absolute atomic E-state index is 0.252. The summed E-state index contributed by atoms with van der Waals surface area (Å²) >= 11 is 5.95. The highest BCUT2D eigenvalue weighted by molar-refractivity contribution is 6.30. The van der Waals surface area contributed by atoms with Crippen LogP contribution >= 0.6 is 11.6 Å². The van der Waals surface area contributed by atoms with Crippen LogP contribution in [0.3, 0.4) is 0 Å². The van der Waals surface area contributed by atoms with Gasteiger partial charge in [-0.3, -0.25) is 14.4 Å². The van der Waals surface area contributed by atoms with Crippen LogP contribution in [-0.2, 0) is 25.7 Å². The van der Waals surface area contributed by atoms with Gasteiger partial charge in [-0.05, 0) is 48.1 Å². The van der Waals surface area contributed by atoms with Crippen LogP contribution in [0.2, 0.25) is 5.02 Å². The lowest BCUT2D eigenvalue weighted by atomic mass is 10.1. The largest absolute Gasteiger partial charge is 0.447 e. The molecule has 1 saturated heterocycles. The van der Waals surface area contributed by atoms with Crippen LogP contribution in [0.25, 0.3) is 10.8 Å². The third-order valence-corrected chi connectivity index (χ3v) is 6.10. The second-order valence-electron chi connectivity index (χ2n) is 8.20. The molecule has 0 radical (unpaired) electrons. The van der Waals surface area contributed by atoms with Gasteiger partial charge in [-0.25, -0.2) is 4.98 Å². The van der Waals surface area contributed by atoms with Crippen molar-refractivity contribution in [3.63, 3.8) is 0 Å². The van der Waals surface area contributed by atoms with E-state index in [0.717, 1.165) is 16.3 Å². The second kappa shape index (κ2) is 10.1. The summed E-state index contributed by atoms with van der Waals surface area (Å²) in [6.07, 6.45) is 1.72. The summed E-state index contributed by atoms with van der Waals surface area (Å²) in [5.41, 5.74) is 7.31. The summed E-state index contributed by atoms with van der Waals surface area (Å²) in [7, 11) is 0. The highest BCUT2D eigenvalue weighted by Crippen LogP contribution is 2.27. The van der Waals surface area contributed by atoms with E-state index in [-0.39, 0.29) is 5.91 Å². The monoisotopic (exact) mass is 480 g/mol. The normalized spacial score (nSPS) is 16.3. The highest BCUT2D eigenvalue weighted by Gasteiger charge is 2.38. The number of nitrogen functional groups attached to an aromatic ring is 1. The molecule has 0 saturated carbocycles. The van der Waals surface area contributed by atoms with Gasteiger partial charge in [-0.15, -0.1) is 0 Å². The molecule has 1 aromatic heterocycles. The minimum atomic E-state index is -1.14. The Hall–Kier alpha value is -3.65. The van der Waals surface area contributed by atoms with Crippen molar-refractivity contribution >= 4 is 46.0 Å². The molecule has 2 heterocycles. The fourth-order valence-corrected chi connectivity index (χ4v) is 4.31. The number of rotatable bonds is 6. The molecule has 2 amide bonds. The van der Waals surface area contributed by atoms with Crippen LogP contribution in [0.1, 0.15) is 37.0 Å². The van der Waals surface area contributed by atoms with Gasteiger partial charge >= 0.3 is 5.97 Å². The summed E-state index contributed by atoms with van der Waals surface area (Å²) in [6.45, 7) is 1.96. The van der Waals surface area contributed by atoms with E-state index in [2.05, 4.69) is 10.3 Å². The maximum absolute atomic E-state index is 13.4. The SMILES string of the molecule is CC(=O)OC(C(=O)N1CCC[C@H]1C(=O)NCc1ccc2c(N)nccc2c1)c1ccc(Cl)cc1. The van der Waals surface area contributed by atoms with Crippen LogP contribution < -0.4 is 11.1 Å². The minimum Gasteiger partial charge on any atom is -0.447 e. The van der Waals surface area contributed by atoms with Gasteiger partial charge in [0.05, 0.1) is 0 Å². The summed E-state index contributed by atoms with van der Waals surface area (Å²) in [5.74, 6) is -0.807. The van der Waals surface area contributed by atoms with Gasteiger partial charge in [0.1, 0.15) is 11.9 Å². The lowest BCUT2D eigenvalue weighted by Crippen LogP contribution is -2.47. The molecule has 9 heteroatoms. The predicted octanol–water partition coefficient (Wildman–Crippen LogP) is 3.38. The van der Waals surface area contributed by atoms with Gasteiger partial charge < -0.3 is 20.7 Å². The lowest BCUT2D eigenvalue weighted by Gasteiger charge is -2.28. The van der Waals surface area contributed by atoms with Crippen molar-refractivity contribution in [2.45, 2.75) is 38.5 Å². The first kappa shape index (κ1) is 23.5. The number of pyridine rings is 1. The van der Waals surface area contributed by atoms with Crippen LogP contribution in [0, 0.1) is 0 Å². The first-order chi connectivity index (χ1) is 16.3. The fourth-order valence-electron chi connectivity index (χ4n) is 4.19. The molecule has 4 rings (SSSR count). The Balaban J connectivity index is 1.47. The van der Waals surface area contributed by atoms with E-state index in [1.807, 2.05) is 24.3 Å². The van der Waals surface area contributed by atoms with Crippen molar-refractivity contribution in [2.75, 3.05) is 12.3 Å². The maximum Gasteiger partial charge on any atom is 0.303 e. The molecule has 2 aromatic carbocycles. The molecule has 8 nitrogen and oxygen atoms in total. The molecule has 176 valence electrons. The average molecular weight is 481 g/mol. The molecular weight excluding hydrogens is 456 g/mol. The smallest absolute Gasteiger partial charge is 0.303 e. The summed E-state index contributed by atoms with van der Waals surface area (Å²) < 4.78 is 5.34. The number of nitrogens with one attached hydrogen (secondary N) is 1. The molecule has 1 aliphatic rings. The zero-order chi connectivity index (χ0) is 24.2. The number of nitrogens with zero attached hydrogens (tertiary/aromatic N) is 2. The van der Waals surface area contributed by atoms with E-state index in [0.29, 0.717) is 42.3 Å².